The molecule has 0 aliphatic carbocycles. The molecule has 1 aliphatic rings. The van der Waals surface area contributed by atoms with Gasteiger partial charge in [0.1, 0.15) is 5.82 Å². The number of nitrogens with two attached hydrogens (primary N) is 1. The van der Waals surface area contributed by atoms with Gasteiger partial charge in [0.2, 0.25) is 10.0 Å². The third kappa shape index (κ3) is 5.51. The van der Waals surface area contributed by atoms with E-state index in [9.17, 15) is 12.8 Å². The Balaban J connectivity index is 1.65. The lowest BCUT2D eigenvalue weighted by atomic mass is 10.2. The first-order chi connectivity index (χ1) is 13.4. The summed E-state index contributed by atoms with van der Waals surface area (Å²) < 4.78 is 46.1. The number of morpholine rings is 1. The van der Waals surface area contributed by atoms with E-state index in [1.807, 2.05) is 4.90 Å². The zero-order valence-corrected chi connectivity index (χ0v) is 16.2. The van der Waals surface area contributed by atoms with E-state index in [1.54, 1.807) is 24.3 Å². The van der Waals surface area contributed by atoms with Gasteiger partial charge in [-0.05, 0) is 35.4 Å². The predicted molar refractivity (Wildman–Crippen MR) is 105 cm³/mol. The van der Waals surface area contributed by atoms with E-state index in [1.165, 1.54) is 24.3 Å². The van der Waals surface area contributed by atoms with Gasteiger partial charge >= 0.3 is 0 Å². The Morgan fingerprint density at radius 3 is 2.61 bits per heavy atom. The Morgan fingerprint density at radius 2 is 1.86 bits per heavy atom. The zero-order chi connectivity index (χ0) is 20.0. The van der Waals surface area contributed by atoms with E-state index in [4.69, 9.17) is 10.5 Å². The van der Waals surface area contributed by atoms with Gasteiger partial charge in [-0.2, -0.15) is 0 Å². The Kier molecular flexibility index (Phi) is 6.61. The largest absolute Gasteiger partial charge is 0.378 e. The highest BCUT2D eigenvalue weighted by molar-refractivity contribution is 7.89. The number of halogens is 1. The summed E-state index contributed by atoms with van der Waals surface area (Å²) >= 11 is 0. The highest BCUT2D eigenvalue weighted by atomic mass is 32.2. The molecule has 150 valence electrons. The maximum absolute atomic E-state index is 13.2. The number of rotatable bonds is 6. The number of nitrogens with zero attached hydrogens (tertiary/aromatic N) is 2. The fourth-order valence-electron chi connectivity index (χ4n) is 2.78. The minimum absolute atomic E-state index is 0.00640. The van der Waals surface area contributed by atoms with Crippen LogP contribution in [0.2, 0.25) is 0 Å². The first-order valence-electron chi connectivity index (χ1n) is 8.90. The molecule has 0 saturated carbocycles. The van der Waals surface area contributed by atoms with E-state index in [2.05, 4.69) is 9.71 Å². The van der Waals surface area contributed by atoms with Crippen LogP contribution in [-0.2, 0) is 27.8 Å². The van der Waals surface area contributed by atoms with Crippen LogP contribution in [0, 0.1) is 5.82 Å². The molecule has 28 heavy (non-hydrogen) atoms. The second-order valence-corrected chi connectivity index (χ2v) is 8.14. The number of nitrogens with one attached hydrogen (secondary N) is 1. The first-order valence-corrected chi connectivity index (χ1v) is 10.4. The molecule has 2 aromatic carbocycles. The van der Waals surface area contributed by atoms with Crippen LogP contribution in [0.25, 0.3) is 0 Å². The Hall–Kier alpha value is -2.49. The summed E-state index contributed by atoms with van der Waals surface area (Å²) in [6.07, 6.45) is 0. The van der Waals surface area contributed by atoms with Crippen LogP contribution in [0.3, 0.4) is 0 Å². The normalized spacial score (nSPS) is 15.6. The van der Waals surface area contributed by atoms with E-state index in [-0.39, 0.29) is 18.0 Å². The molecule has 0 amide bonds. The van der Waals surface area contributed by atoms with Gasteiger partial charge in [0.25, 0.3) is 0 Å². The van der Waals surface area contributed by atoms with Crippen LogP contribution in [0.4, 0.5) is 4.39 Å². The molecule has 0 spiro atoms. The van der Waals surface area contributed by atoms with Crippen LogP contribution in [0.1, 0.15) is 11.1 Å². The van der Waals surface area contributed by atoms with Crippen LogP contribution < -0.4 is 10.5 Å². The molecule has 0 atom stereocenters. The molecular weight excluding hydrogens is 383 g/mol. The summed E-state index contributed by atoms with van der Waals surface area (Å²) in [6, 6.07) is 12.3. The number of guanidine groups is 1. The van der Waals surface area contributed by atoms with Crippen molar-refractivity contribution >= 4 is 16.0 Å². The third-order valence-electron chi connectivity index (χ3n) is 4.32. The summed E-state index contributed by atoms with van der Waals surface area (Å²) in [6.45, 7) is 2.88. The standard InChI is InChI=1S/C19H23FN4O3S/c20-17-5-1-3-15(11-17)14-23-28(25,26)18-6-2-4-16(12-18)13-22-19(21)24-7-9-27-10-8-24/h1-6,11-12,23H,7-10,13-14H2,(H2,21,22). The van der Waals surface area contributed by atoms with Gasteiger partial charge in [0, 0.05) is 19.6 Å². The topological polar surface area (TPSA) is 97.0 Å². The van der Waals surface area contributed by atoms with E-state index in [0.29, 0.717) is 37.8 Å². The van der Waals surface area contributed by atoms with Crippen molar-refractivity contribution in [3.8, 4) is 0 Å². The van der Waals surface area contributed by atoms with Crippen molar-refractivity contribution in [3.05, 3.63) is 65.5 Å². The molecule has 7 nitrogen and oxygen atoms in total. The van der Waals surface area contributed by atoms with Crippen LogP contribution >= 0.6 is 0 Å². The summed E-state index contributed by atoms with van der Waals surface area (Å²) in [5.41, 5.74) is 7.27. The minimum atomic E-state index is -3.73. The third-order valence-corrected chi connectivity index (χ3v) is 5.72. The fraction of sp³-hybridized carbons (Fsp3) is 0.316. The van der Waals surface area contributed by atoms with Gasteiger partial charge in [-0.3, -0.25) is 0 Å². The quantitative estimate of drug-likeness (QED) is 0.559. The first kappa shape index (κ1) is 20.2. The molecule has 1 aliphatic heterocycles. The van der Waals surface area contributed by atoms with Crippen molar-refractivity contribution in [2.24, 2.45) is 10.7 Å². The lowest BCUT2D eigenvalue weighted by molar-refractivity contribution is 0.0674. The molecule has 3 N–H and O–H groups in total. The van der Waals surface area contributed by atoms with Gasteiger partial charge in [-0.1, -0.05) is 24.3 Å². The van der Waals surface area contributed by atoms with Crippen LogP contribution in [-0.4, -0.2) is 45.6 Å². The van der Waals surface area contributed by atoms with Crippen molar-refractivity contribution in [2.75, 3.05) is 26.3 Å². The fourth-order valence-corrected chi connectivity index (χ4v) is 3.87. The number of sulfonamides is 1. The molecule has 0 bridgehead atoms. The molecular formula is C19H23FN4O3S. The van der Waals surface area contributed by atoms with Crippen LogP contribution in [0.5, 0.6) is 0 Å². The van der Waals surface area contributed by atoms with Crippen molar-refractivity contribution in [2.45, 2.75) is 18.0 Å². The van der Waals surface area contributed by atoms with E-state index in [0.717, 1.165) is 5.56 Å². The van der Waals surface area contributed by atoms with Gasteiger partial charge in [0.05, 0.1) is 24.7 Å². The smallest absolute Gasteiger partial charge is 0.240 e. The maximum Gasteiger partial charge on any atom is 0.240 e. The molecule has 1 saturated heterocycles. The molecule has 0 radical (unpaired) electrons. The monoisotopic (exact) mass is 406 g/mol. The lowest BCUT2D eigenvalue weighted by Gasteiger charge is -2.27. The maximum atomic E-state index is 13.2. The number of benzene rings is 2. The Labute approximate surface area is 164 Å². The summed E-state index contributed by atoms with van der Waals surface area (Å²) in [7, 11) is -3.73. The van der Waals surface area contributed by atoms with Crippen LogP contribution in [0.15, 0.2) is 58.4 Å². The van der Waals surface area contributed by atoms with E-state index >= 15 is 0 Å². The molecule has 9 heteroatoms. The van der Waals surface area contributed by atoms with Gasteiger partial charge in [-0.15, -0.1) is 0 Å². The molecule has 3 rings (SSSR count). The van der Waals surface area contributed by atoms with Gasteiger partial charge in [0.15, 0.2) is 5.96 Å². The van der Waals surface area contributed by atoms with Gasteiger partial charge in [-0.25, -0.2) is 22.5 Å². The summed E-state index contributed by atoms with van der Waals surface area (Å²) in [4.78, 5) is 6.41. The number of hydrogen-bond donors (Lipinski definition) is 2. The molecule has 2 aromatic rings. The number of ether oxygens (including phenoxy) is 1. The van der Waals surface area contributed by atoms with Crippen molar-refractivity contribution in [1.82, 2.24) is 9.62 Å². The second kappa shape index (κ2) is 9.13. The Morgan fingerprint density at radius 1 is 1.14 bits per heavy atom. The van der Waals surface area contributed by atoms with Crippen molar-refractivity contribution in [3.63, 3.8) is 0 Å². The summed E-state index contributed by atoms with van der Waals surface area (Å²) in [5.74, 6) is 0.00945. The average Bonchev–Trinajstić information content (AvgIpc) is 2.71. The summed E-state index contributed by atoms with van der Waals surface area (Å²) in [5, 5.41) is 0. The molecule has 0 unspecified atom stereocenters. The molecule has 1 heterocycles. The van der Waals surface area contributed by atoms with Crippen molar-refractivity contribution < 1.29 is 17.5 Å². The number of hydrogen-bond acceptors (Lipinski definition) is 4. The highest BCUT2D eigenvalue weighted by Crippen LogP contribution is 2.14. The highest BCUT2D eigenvalue weighted by Gasteiger charge is 2.15. The second-order valence-electron chi connectivity index (χ2n) is 6.38. The SMILES string of the molecule is NC(=NCc1cccc(S(=O)(=O)NCc2cccc(F)c2)c1)N1CCOCC1. The predicted octanol–water partition coefficient (Wildman–Crippen LogP) is 1.45. The zero-order valence-electron chi connectivity index (χ0n) is 15.3. The van der Waals surface area contributed by atoms with E-state index < -0.39 is 15.8 Å². The number of aliphatic imine (C=N–C) groups is 1. The van der Waals surface area contributed by atoms with Crippen molar-refractivity contribution in [1.29, 1.82) is 0 Å². The molecule has 1 fully saturated rings. The minimum Gasteiger partial charge on any atom is -0.378 e. The molecule has 0 aromatic heterocycles. The van der Waals surface area contributed by atoms with Gasteiger partial charge < -0.3 is 15.4 Å². The lowest BCUT2D eigenvalue weighted by Crippen LogP contribution is -2.44. The average molecular weight is 406 g/mol. The Bertz CT molecular complexity index is 944.